The molecule has 0 aliphatic carbocycles. The van der Waals surface area contributed by atoms with Crippen LogP contribution in [-0.2, 0) is 0 Å². The zero-order valence-electron chi connectivity index (χ0n) is 12.5. The Labute approximate surface area is 128 Å². The number of methoxy groups -OCH3 is 1. The second-order valence-corrected chi connectivity index (χ2v) is 4.70. The molecule has 1 amide bonds. The van der Waals surface area contributed by atoms with Gasteiger partial charge in [-0.15, -0.1) is 0 Å². The maximum atomic E-state index is 13.3. The molecule has 0 spiro atoms. The Balaban J connectivity index is 1.84. The van der Waals surface area contributed by atoms with E-state index in [0.717, 1.165) is 11.4 Å². The number of amides is 1. The Hall–Kier alpha value is -2.63. The molecular formula is C16H18FN3O2. The van der Waals surface area contributed by atoms with E-state index in [4.69, 9.17) is 4.74 Å². The zero-order chi connectivity index (χ0) is 15.9. The molecule has 0 unspecified atom stereocenters. The summed E-state index contributed by atoms with van der Waals surface area (Å²) in [6, 6.07) is 7.83. The van der Waals surface area contributed by atoms with Crippen LogP contribution < -0.4 is 15.4 Å². The molecule has 0 aliphatic rings. The van der Waals surface area contributed by atoms with Crippen molar-refractivity contribution in [2.75, 3.05) is 25.5 Å². The van der Waals surface area contributed by atoms with Crippen LogP contribution in [0.5, 0.6) is 5.75 Å². The molecule has 2 N–H and O–H groups in total. The molecule has 1 aromatic carbocycles. The van der Waals surface area contributed by atoms with Gasteiger partial charge in [-0.1, -0.05) is 6.07 Å². The van der Waals surface area contributed by atoms with Gasteiger partial charge in [-0.3, -0.25) is 4.79 Å². The number of hydrogen-bond donors (Lipinski definition) is 2. The van der Waals surface area contributed by atoms with E-state index in [1.807, 2.05) is 19.1 Å². The van der Waals surface area contributed by atoms with Crippen LogP contribution >= 0.6 is 0 Å². The minimum atomic E-state index is -0.494. The first kappa shape index (κ1) is 15.8. The summed E-state index contributed by atoms with van der Waals surface area (Å²) in [5.41, 5.74) is 1.39. The second-order valence-electron chi connectivity index (χ2n) is 4.70. The van der Waals surface area contributed by atoms with Crippen molar-refractivity contribution >= 4 is 11.7 Å². The molecule has 0 radical (unpaired) electrons. The van der Waals surface area contributed by atoms with Gasteiger partial charge in [-0.05, 0) is 36.8 Å². The van der Waals surface area contributed by atoms with Gasteiger partial charge < -0.3 is 15.4 Å². The third kappa shape index (κ3) is 3.94. The molecule has 0 bridgehead atoms. The number of halogens is 1. The highest BCUT2D eigenvalue weighted by Crippen LogP contribution is 2.18. The molecule has 22 heavy (non-hydrogen) atoms. The fourth-order valence-corrected chi connectivity index (χ4v) is 1.93. The van der Waals surface area contributed by atoms with Crippen LogP contribution in [0.15, 0.2) is 36.5 Å². The summed E-state index contributed by atoms with van der Waals surface area (Å²) in [6.45, 7) is 2.93. The van der Waals surface area contributed by atoms with E-state index in [1.165, 1.54) is 25.3 Å². The third-order valence-electron chi connectivity index (χ3n) is 3.13. The zero-order valence-corrected chi connectivity index (χ0v) is 12.5. The van der Waals surface area contributed by atoms with Crippen molar-refractivity contribution < 1.29 is 13.9 Å². The molecular weight excluding hydrogens is 285 g/mol. The van der Waals surface area contributed by atoms with E-state index >= 15 is 0 Å². The molecule has 2 aromatic rings. The highest BCUT2D eigenvalue weighted by molar-refractivity contribution is 5.94. The standard InChI is InChI=1S/C16H18FN3O2/c1-11-4-3-7-18-15(11)19-8-9-20-16(21)12-5-6-13(17)14(10-12)22-2/h3-7,10H,8-9H2,1-2H3,(H,18,19)(H,20,21). The Morgan fingerprint density at radius 3 is 2.86 bits per heavy atom. The number of nitrogens with zero attached hydrogens (tertiary/aromatic N) is 1. The number of ether oxygens (including phenoxy) is 1. The number of aromatic nitrogens is 1. The Morgan fingerprint density at radius 2 is 2.14 bits per heavy atom. The summed E-state index contributed by atoms with van der Waals surface area (Å²) in [5, 5.41) is 5.89. The van der Waals surface area contributed by atoms with Gasteiger partial charge in [0.15, 0.2) is 11.6 Å². The van der Waals surface area contributed by atoms with Gasteiger partial charge in [-0.2, -0.15) is 0 Å². The fourth-order valence-electron chi connectivity index (χ4n) is 1.93. The van der Waals surface area contributed by atoms with Crippen LogP contribution in [0.1, 0.15) is 15.9 Å². The van der Waals surface area contributed by atoms with Gasteiger partial charge in [0.2, 0.25) is 0 Å². The number of aryl methyl sites for hydroxylation is 1. The summed E-state index contributed by atoms with van der Waals surface area (Å²) in [4.78, 5) is 16.2. The smallest absolute Gasteiger partial charge is 0.251 e. The predicted octanol–water partition coefficient (Wildman–Crippen LogP) is 2.38. The molecule has 116 valence electrons. The molecule has 0 saturated heterocycles. The first-order valence-electron chi connectivity index (χ1n) is 6.89. The van der Waals surface area contributed by atoms with E-state index in [0.29, 0.717) is 18.7 Å². The first-order chi connectivity index (χ1) is 10.6. The lowest BCUT2D eigenvalue weighted by Crippen LogP contribution is -2.29. The van der Waals surface area contributed by atoms with Gasteiger partial charge in [0.1, 0.15) is 5.82 Å². The number of carbonyl (C=O) groups is 1. The van der Waals surface area contributed by atoms with Gasteiger partial charge >= 0.3 is 0 Å². The topological polar surface area (TPSA) is 63.2 Å². The van der Waals surface area contributed by atoms with E-state index in [9.17, 15) is 9.18 Å². The summed E-state index contributed by atoms with van der Waals surface area (Å²) < 4.78 is 18.1. The lowest BCUT2D eigenvalue weighted by Gasteiger charge is -2.10. The molecule has 0 aliphatic heterocycles. The highest BCUT2D eigenvalue weighted by Gasteiger charge is 2.09. The summed E-state index contributed by atoms with van der Waals surface area (Å²) in [6.07, 6.45) is 1.71. The molecule has 5 nitrogen and oxygen atoms in total. The largest absolute Gasteiger partial charge is 0.494 e. The molecule has 6 heteroatoms. The number of pyridine rings is 1. The van der Waals surface area contributed by atoms with Crippen molar-refractivity contribution in [3.8, 4) is 5.75 Å². The van der Waals surface area contributed by atoms with E-state index in [1.54, 1.807) is 6.20 Å². The van der Waals surface area contributed by atoms with Crippen molar-refractivity contribution in [2.45, 2.75) is 6.92 Å². The molecule has 1 heterocycles. The maximum Gasteiger partial charge on any atom is 0.251 e. The number of rotatable bonds is 6. The average Bonchev–Trinajstić information content (AvgIpc) is 2.53. The van der Waals surface area contributed by atoms with Crippen LogP contribution in [0.3, 0.4) is 0 Å². The number of carbonyl (C=O) groups excluding carboxylic acids is 1. The third-order valence-corrected chi connectivity index (χ3v) is 3.13. The molecule has 2 rings (SSSR count). The fraction of sp³-hybridized carbons (Fsp3) is 0.250. The SMILES string of the molecule is COc1cc(C(=O)NCCNc2ncccc2C)ccc1F. The summed E-state index contributed by atoms with van der Waals surface area (Å²) in [7, 11) is 1.36. The van der Waals surface area contributed by atoms with Crippen molar-refractivity contribution in [1.82, 2.24) is 10.3 Å². The average molecular weight is 303 g/mol. The Morgan fingerprint density at radius 1 is 1.32 bits per heavy atom. The number of nitrogens with one attached hydrogen (secondary N) is 2. The Bertz CT molecular complexity index is 662. The van der Waals surface area contributed by atoms with Crippen molar-refractivity contribution in [3.05, 3.63) is 53.5 Å². The van der Waals surface area contributed by atoms with Crippen LogP contribution in [0, 0.1) is 12.7 Å². The Kier molecular flexibility index (Phi) is 5.30. The van der Waals surface area contributed by atoms with Crippen LogP contribution in [-0.4, -0.2) is 31.1 Å². The van der Waals surface area contributed by atoms with Crippen molar-refractivity contribution in [3.63, 3.8) is 0 Å². The van der Waals surface area contributed by atoms with Crippen LogP contribution in [0.4, 0.5) is 10.2 Å². The van der Waals surface area contributed by atoms with Crippen molar-refractivity contribution in [2.24, 2.45) is 0 Å². The minimum absolute atomic E-state index is 0.0508. The van der Waals surface area contributed by atoms with Gasteiger partial charge in [-0.25, -0.2) is 9.37 Å². The lowest BCUT2D eigenvalue weighted by atomic mass is 10.2. The lowest BCUT2D eigenvalue weighted by molar-refractivity contribution is 0.0954. The van der Waals surface area contributed by atoms with Crippen LogP contribution in [0.2, 0.25) is 0 Å². The number of hydrogen-bond acceptors (Lipinski definition) is 4. The summed E-state index contributed by atoms with van der Waals surface area (Å²) >= 11 is 0. The number of anilines is 1. The first-order valence-corrected chi connectivity index (χ1v) is 6.89. The van der Waals surface area contributed by atoms with E-state index in [-0.39, 0.29) is 11.7 Å². The molecule has 1 aromatic heterocycles. The monoisotopic (exact) mass is 303 g/mol. The normalized spacial score (nSPS) is 10.1. The predicted molar refractivity (Wildman–Crippen MR) is 82.7 cm³/mol. The van der Waals surface area contributed by atoms with Gasteiger partial charge in [0, 0.05) is 24.8 Å². The highest BCUT2D eigenvalue weighted by atomic mass is 19.1. The van der Waals surface area contributed by atoms with Gasteiger partial charge in [0.25, 0.3) is 5.91 Å². The molecule has 0 atom stereocenters. The van der Waals surface area contributed by atoms with Crippen LogP contribution in [0.25, 0.3) is 0 Å². The quantitative estimate of drug-likeness (QED) is 0.804. The summed E-state index contributed by atoms with van der Waals surface area (Å²) in [5.74, 6) is 0.0688. The van der Waals surface area contributed by atoms with Gasteiger partial charge in [0.05, 0.1) is 7.11 Å². The second kappa shape index (κ2) is 7.40. The minimum Gasteiger partial charge on any atom is -0.494 e. The maximum absolute atomic E-state index is 13.3. The van der Waals surface area contributed by atoms with Crippen molar-refractivity contribution in [1.29, 1.82) is 0 Å². The van der Waals surface area contributed by atoms with E-state index < -0.39 is 5.82 Å². The number of benzene rings is 1. The molecule has 0 saturated carbocycles. The molecule has 0 fully saturated rings. The van der Waals surface area contributed by atoms with E-state index in [2.05, 4.69) is 15.6 Å².